The van der Waals surface area contributed by atoms with Gasteiger partial charge in [-0.15, -0.1) is 0 Å². The highest BCUT2D eigenvalue weighted by Gasteiger charge is 2.30. The molecule has 0 atom stereocenters. The van der Waals surface area contributed by atoms with Crippen LogP contribution in [0.15, 0.2) is 0 Å². The molecule has 0 saturated heterocycles. The molecule has 0 spiro atoms. The van der Waals surface area contributed by atoms with Crippen LogP contribution in [0.4, 0.5) is 0 Å². The fourth-order valence-electron chi connectivity index (χ4n) is 3.22. The SMILES string of the molecule is CC(C)(C)OCCC(C)(C)OCC(COC(C)(C)CCOC(C)(C)C)OC(C)(C)CCOC(C)(C)C. The quantitative estimate of drug-likeness (QED) is 0.201. The Labute approximate surface area is 224 Å². The molecule has 0 fully saturated rings. The summed E-state index contributed by atoms with van der Waals surface area (Å²) in [5.41, 5.74) is -1.51. The monoisotopic (exact) mass is 518 g/mol. The van der Waals surface area contributed by atoms with Crippen molar-refractivity contribution in [1.82, 2.24) is 0 Å². The van der Waals surface area contributed by atoms with E-state index < -0.39 is 0 Å². The van der Waals surface area contributed by atoms with E-state index in [1.54, 1.807) is 0 Å². The lowest BCUT2D eigenvalue weighted by Crippen LogP contribution is -2.42. The molecule has 0 unspecified atom stereocenters. The van der Waals surface area contributed by atoms with Gasteiger partial charge in [-0.05, 0) is 123 Å². The summed E-state index contributed by atoms with van der Waals surface area (Å²) < 4.78 is 37.1. The van der Waals surface area contributed by atoms with Crippen molar-refractivity contribution < 1.29 is 28.4 Å². The Kier molecular flexibility index (Phi) is 14.1. The first kappa shape index (κ1) is 35.8. The first-order chi connectivity index (χ1) is 15.9. The zero-order valence-corrected chi connectivity index (χ0v) is 26.7. The van der Waals surface area contributed by atoms with Crippen molar-refractivity contribution in [3.8, 4) is 0 Å². The third-order valence-electron chi connectivity index (χ3n) is 5.52. The summed E-state index contributed by atoms with van der Waals surface area (Å²) in [4.78, 5) is 0. The lowest BCUT2D eigenvalue weighted by atomic mass is 10.0. The fourth-order valence-corrected chi connectivity index (χ4v) is 3.22. The molecule has 0 aliphatic heterocycles. The summed E-state index contributed by atoms with van der Waals surface area (Å²) >= 11 is 0. The average Bonchev–Trinajstić information content (AvgIpc) is 2.60. The predicted molar refractivity (Wildman–Crippen MR) is 150 cm³/mol. The molecule has 0 amide bonds. The molecular weight excluding hydrogens is 456 g/mol. The Morgan fingerprint density at radius 3 is 0.944 bits per heavy atom. The molecule has 6 heteroatoms. The first-order valence-corrected chi connectivity index (χ1v) is 13.8. The van der Waals surface area contributed by atoms with Gasteiger partial charge in [-0.1, -0.05) is 0 Å². The van der Waals surface area contributed by atoms with Gasteiger partial charge in [0, 0.05) is 19.8 Å². The Hall–Kier alpha value is -0.240. The van der Waals surface area contributed by atoms with E-state index >= 15 is 0 Å². The van der Waals surface area contributed by atoms with E-state index in [1.165, 1.54) is 0 Å². The van der Waals surface area contributed by atoms with Crippen LogP contribution >= 0.6 is 0 Å². The molecule has 36 heavy (non-hydrogen) atoms. The summed E-state index contributed by atoms with van der Waals surface area (Å²) in [6.07, 6.45) is 2.18. The molecule has 6 nitrogen and oxygen atoms in total. The number of hydrogen-bond acceptors (Lipinski definition) is 6. The van der Waals surface area contributed by atoms with E-state index in [0.717, 1.165) is 19.3 Å². The number of rotatable bonds is 17. The largest absolute Gasteiger partial charge is 0.376 e. The molecule has 0 rings (SSSR count). The normalized spacial score (nSPS) is 14.7. The van der Waals surface area contributed by atoms with Gasteiger partial charge in [0.1, 0.15) is 6.10 Å². The standard InChI is InChI=1S/C30H62O6/c1-25(2,3)31-19-16-28(10,11)34-22-24(36-30(14,15)18-21-33-27(7,8)9)23-35-29(12,13)17-20-32-26(4,5)6/h24H,16-23H2,1-15H3. The van der Waals surface area contributed by atoms with Crippen molar-refractivity contribution in [1.29, 1.82) is 0 Å². The Morgan fingerprint density at radius 2 is 0.667 bits per heavy atom. The molecule has 0 heterocycles. The third-order valence-corrected chi connectivity index (χ3v) is 5.52. The van der Waals surface area contributed by atoms with Gasteiger partial charge in [-0.3, -0.25) is 0 Å². The molecule has 0 aromatic heterocycles. The van der Waals surface area contributed by atoms with Crippen LogP contribution in [-0.2, 0) is 28.4 Å². The van der Waals surface area contributed by atoms with Gasteiger partial charge in [0.25, 0.3) is 0 Å². The molecule has 0 aliphatic carbocycles. The van der Waals surface area contributed by atoms with Crippen molar-refractivity contribution in [2.45, 2.75) is 163 Å². The van der Waals surface area contributed by atoms with E-state index in [9.17, 15) is 0 Å². The van der Waals surface area contributed by atoms with Crippen molar-refractivity contribution >= 4 is 0 Å². The van der Waals surface area contributed by atoms with Crippen LogP contribution < -0.4 is 0 Å². The van der Waals surface area contributed by atoms with Gasteiger partial charge >= 0.3 is 0 Å². The highest BCUT2D eigenvalue weighted by atomic mass is 16.6. The van der Waals surface area contributed by atoms with Crippen molar-refractivity contribution in [3.05, 3.63) is 0 Å². The minimum absolute atomic E-state index is 0.156. The van der Waals surface area contributed by atoms with Crippen LogP contribution in [-0.4, -0.2) is 72.7 Å². The summed E-state index contributed by atoms with van der Waals surface area (Å²) in [6, 6.07) is 0. The fraction of sp³-hybridized carbons (Fsp3) is 1.00. The van der Waals surface area contributed by atoms with Crippen molar-refractivity contribution in [2.24, 2.45) is 0 Å². The second-order valence-corrected chi connectivity index (χ2v) is 14.8. The summed E-state index contributed by atoms with van der Waals surface area (Å²) in [6.45, 7) is 34.1. The smallest absolute Gasteiger partial charge is 0.105 e. The van der Waals surface area contributed by atoms with Crippen LogP contribution in [0.2, 0.25) is 0 Å². The van der Waals surface area contributed by atoms with Crippen molar-refractivity contribution in [3.63, 3.8) is 0 Å². The molecular formula is C30H62O6. The maximum absolute atomic E-state index is 6.57. The van der Waals surface area contributed by atoms with Gasteiger partial charge in [0.05, 0.1) is 46.8 Å². The van der Waals surface area contributed by atoms with Gasteiger partial charge < -0.3 is 28.4 Å². The van der Waals surface area contributed by atoms with Crippen molar-refractivity contribution in [2.75, 3.05) is 33.0 Å². The molecule has 0 bridgehead atoms. The first-order valence-electron chi connectivity index (χ1n) is 13.8. The summed E-state index contributed by atoms with van der Waals surface area (Å²) in [7, 11) is 0. The minimum Gasteiger partial charge on any atom is -0.376 e. The lowest BCUT2D eigenvalue weighted by molar-refractivity contribution is -0.177. The second kappa shape index (κ2) is 14.2. The van der Waals surface area contributed by atoms with Crippen LogP contribution in [0, 0.1) is 0 Å². The summed E-state index contributed by atoms with van der Waals surface area (Å²) in [5, 5.41) is 0. The van der Waals surface area contributed by atoms with Gasteiger partial charge in [-0.2, -0.15) is 0 Å². The average molecular weight is 519 g/mol. The Balaban J connectivity index is 5.11. The van der Waals surface area contributed by atoms with E-state index in [4.69, 9.17) is 28.4 Å². The van der Waals surface area contributed by atoms with E-state index in [0.29, 0.717) is 33.0 Å². The maximum Gasteiger partial charge on any atom is 0.105 e. The Morgan fingerprint density at radius 1 is 0.389 bits per heavy atom. The number of hydrogen-bond donors (Lipinski definition) is 0. The lowest BCUT2D eigenvalue weighted by Gasteiger charge is -2.36. The van der Waals surface area contributed by atoms with Gasteiger partial charge in [-0.25, -0.2) is 0 Å². The molecule has 0 aromatic carbocycles. The van der Waals surface area contributed by atoms with Gasteiger partial charge in [0.2, 0.25) is 0 Å². The van der Waals surface area contributed by atoms with E-state index in [1.807, 2.05) is 0 Å². The molecule has 0 aromatic rings. The predicted octanol–water partition coefficient (Wildman–Crippen LogP) is 7.36. The van der Waals surface area contributed by atoms with Crippen LogP contribution in [0.5, 0.6) is 0 Å². The highest BCUT2D eigenvalue weighted by molar-refractivity contribution is 4.77. The van der Waals surface area contributed by atoms with Crippen LogP contribution in [0.25, 0.3) is 0 Å². The topological polar surface area (TPSA) is 55.4 Å². The van der Waals surface area contributed by atoms with Crippen LogP contribution in [0.1, 0.15) is 123 Å². The van der Waals surface area contributed by atoms with E-state index in [2.05, 4.69) is 104 Å². The van der Waals surface area contributed by atoms with Gasteiger partial charge in [0.15, 0.2) is 0 Å². The molecule has 0 radical (unpaired) electrons. The summed E-state index contributed by atoms with van der Waals surface area (Å²) in [5.74, 6) is 0. The second-order valence-electron chi connectivity index (χ2n) is 14.8. The molecule has 218 valence electrons. The minimum atomic E-state index is -0.373. The molecule has 0 saturated carbocycles. The Bertz CT molecular complexity index is 554. The maximum atomic E-state index is 6.57. The van der Waals surface area contributed by atoms with Crippen LogP contribution in [0.3, 0.4) is 0 Å². The zero-order valence-electron chi connectivity index (χ0n) is 26.7. The zero-order chi connectivity index (χ0) is 28.5. The molecule has 0 aliphatic rings. The highest BCUT2D eigenvalue weighted by Crippen LogP contribution is 2.24. The molecule has 0 N–H and O–H groups in total. The van der Waals surface area contributed by atoms with E-state index in [-0.39, 0.29) is 39.7 Å². The number of ether oxygens (including phenoxy) is 6. The third kappa shape index (κ3) is 21.8.